The van der Waals surface area contributed by atoms with E-state index in [0.29, 0.717) is 0 Å². The fourth-order valence-electron chi connectivity index (χ4n) is 14.2. The molecule has 0 radical (unpaired) electrons. The standard InChI is InChI=1S/C65H52BN3S2/c1-39-33-41(3)61-54(34-39)69(65(5)32-14-13-31-64(61,65)4)44-28-29-48-53(38-44)68(52-23-15-21-46-45-19-9-11-24-57(45)71-63(46)52)56-36-40(2)35-55-62(56)66(48)49-37-43(42-17-7-6-8-18-42)27-30-50(49)67(55)51-22-16-26-59-60(51)47-20-10-12-25-58(47)70-59/h6-12,15-30,33-38H,13-14,31-32H2,1-5H3. The predicted molar refractivity (Wildman–Crippen MR) is 309 cm³/mol. The van der Waals surface area contributed by atoms with Crippen LogP contribution >= 0.6 is 22.7 Å². The minimum Gasteiger partial charge on any atom is -0.334 e. The highest BCUT2D eigenvalue weighted by Gasteiger charge is 2.58. The third-order valence-corrected chi connectivity index (χ3v) is 19.7. The number of thiophene rings is 2. The summed E-state index contributed by atoms with van der Waals surface area (Å²) in [6.07, 6.45) is 4.86. The molecule has 0 saturated heterocycles. The smallest absolute Gasteiger partial charge is 0.252 e. The summed E-state index contributed by atoms with van der Waals surface area (Å²) < 4.78 is 5.26. The fraction of sp³-hybridized carbons (Fsp3) is 0.169. The van der Waals surface area contributed by atoms with Gasteiger partial charge in [-0.25, -0.2) is 0 Å². The maximum absolute atomic E-state index is 2.80. The van der Waals surface area contributed by atoms with Gasteiger partial charge in [-0.3, -0.25) is 0 Å². The van der Waals surface area contributed by atoms with Crippen molar-refractivity contribution in [3.8, 4) is 11.1 Å². The van der Waals surface area contributed by atoms with Crippen molar-refractivity contribution in [1.29, 1.82) is 0 Å². The Morgan fingerprint density at radius 2 is 1.13 bits per heavy atom. The van der Waals surface area contributed by atoms with Gasteiger partial charge in [-0.1, -0.05) is 129 Å². The van der Waals surface area contributed by atoms with Gasteiger partial charge in [-0.15, -0.1) is 22.7 Å². The molecule has 11 aromatic rings. The molecule has 342 valence electrons. The second-order valence-electron chi connectivity index (χ2n) is 21.3. The Morgan fingerprint density at radius 3 is 1.96 bits per heavy atom. The van der Waals surface area contributed by atoms with E-state index in [9.17, 15) is 0 Å². The summed E-state index contributed by atoms with van der Waals surface area (Å²) in [4.78, 5) is 8.11. The first-order valence-electron chi connectivity index (χ1n) is 25.5. The summed E-state index contributed by atoms with van der Waals surface area (Å²) in [5.74, 6) is 0. The number of benzene rings is 9. The second kappa shape index (κ2) is 15.0. The number of aryl methyl sites for hydroxylation is 3. The van der Waals surface area contributed by atoms with E-state index in [2.05, 4.69) is 225 Å². The van der Waals surface area contributed by atoms with Gasteiger partial charge in [0, 0.05) is 75.2 Å². The molecule has 1 fully saturated rings. The van der Waals surface area contributed by atoms with Crippen molar-refractivity contribution in [3.05, 3.63) is 198 Å². The first kappa shape index (κ1) is 41.6. The lowest BCUT2D eigenvalue weighted by molar-refractivity contribution is 0.194. The van der Waals surface area contributed by atoms with Crippen LogP contribution in [-0.2, 0) is 5.41 Å². The molecule has 0 N–H and O–H groups in total. The first-order chi connectivity index (χ1) is 34.7. The van der Waals surface area contributed by atoms with Crippen LogP contribution in [0.1, 0.15) is 61.8 Å². The van der Waals surface area contributed by atoms with Gasteiger partial charge in [0.25, 0.3) is 6.71 Å². The highest BCUT2D eigenvalue weighted by Crippen LogP contribution is 2.62. The topological polar surface area (TPSA) is 9.72 Å². The summed E-state index contributed by atoms with van der Waals surface area (Å²) in [6.45, 7) is 12.1. The van der Waals surface area contributed by atoms with E-state index in [0.717, 1.165) is 6.42 Å². The summed E-state index contributed by atoms with van der Waals surface area (Å²) in [7, 11) is 0. The van der Waals surface area contributed by atoms with Crippen LogP contribution in [0.5, 0.6) is 0 Å². The molecular formula is C65H52BN3S2. The van der Waals surface area contributed by atoms with Crippen LogP contribution in [0.15, 0.2) is 176 Å². The molecular weight excluding hydrogens is 898 g/mol. The normalized spacial score (nSPS) is 18.8. The van der Waals surface area contributed by atoms with Crippen LogP contribution in [0, 0.1) is 20.8 Å². The average molecular weight is 950 g/mol. The Hall–Kier alpha value is -7.12. The number of nitrogens with zero attached hydrogens (tertiary/aromatic N) is 3. The number of anilines is 8. The minimum absolute atomic E-state index is 0.0262. The van der Waals surface area contributed by atoms with E-state index in [-0.39, 0.29) is 17.7 Å². The molecule has 71 heavy (non-hydrogen) atoms. The Morgan fingerprint density at radius 1 is 0.465 bits per heavy atom. The van der Waals surface area contributed by atoms with E-state index >= 15 is 0 Å². The van der Waals surface area contributed by atoms with Crippen LogP contribution in [-0.4, -0.2) is 12.3 Å². The van der Waals surface area contributed by atoms with Crippen molar-refractivity contribution < 1.29 is 0 Å². The largest absolute Gasteiger partial charge is 0.334 e. The predicted octanol–water partition coefficient (Wildman–Crippen LogP) is 16.8. The molecule has 3 aliphatic heterocycles. The number of fused-ring (bicyclic) bond motifs is 13. The molecule has 1 aliphatic carbocycles. The van der Waals surface area contributed by atoms with Gasteiger partial charge in [-0.05, 0) is 157 Å². The minimum atomic E-state index is -0.0810. The fourth-order valence-corrected chi connectivity index (χ4v) is 16.5. The van der Waals surface area contributed by atoms with Gasteiger partial charge < -0.3 is 14.7 Å². The molecule has 2 atom stereocenters. The Bertz CT molecular complexity index is 4070. The molecule has 3 nitrogen and oxygen atoms in total. The number of hydrogen-bond acceptors (Lipinski definition) is 5. The van der Waals surface area contributed by atoms with Gasteiger partial charge in [0.15, 0.2) is 0 Å². The molecule has 4 aliphatic rings. The third-order valence-electron chi connectivity index (χ3n) is 17.3. The van der Waals surface area contributed by atoms with Crippen LogP contribution in [0.25, 0.3) is 51.5 Å². The molecule has 15 rings (SSSR count). The first-order valence-corrected chi connectivity index (χ1v) is 27.1. The maximum Gasteiger partial charge on any atom is 0.252 e. The zero-order valence-electron chi connectivity index (χ0n) is 40.8. The molecule has 0 spiro atoms. The van der Waals surface area contributed by atoms with Crippen LogP contribution in [0.4, 0.5) is 45.5 Å². The zero-order chi connectivity index (χ0) is 47.5. The lowest BCUT2D eigenvalue weighted by Crippen LogP contribution is -2.61. The van der Waals surface area contributed by atoms with Crippen molar-refractivity contribution in [2.75, 3.05) is 14.7 Å². The van der Waals surface area contributed by atoms with E-state index in [1.54, 1.807) is 5.56 Å². The lowest BCUT2D eigenvalue weighted by atomic mass is 9.33. The molecule has 9 aromatic carbocycles. The van der Waals surface area contributed by atoms with Gasteiger partial charge in [0.1, 0.15) is 0 Å². The molecule has 0 amide bonds. The van der Waals surface area contributed by atoms with Crippen LogP contribution in [0.2, 0.25) is 0 Å². The zero-order valence-corrected chi connectivity index (χ0v) is 42.4. The average Bonchev–Trinajstić information content (AvgIpc) is 4.03. The number of rotatable bonds is 4. The van der Waals surface area contributed by atoms with Crippen molar-refractivity contribution in [1.82, 2.24) is 0 Å². The molecule has 2 unspecified atom stereocenters. The quantitative estimate of drug-likeness (QED) is 0.163. The van der Waals surface area contributed by atoms with Gasteiger partial charge in [0.05, 0.1) is 21.6 Å². The van der Waals surface area contributed by atoms with E-state index in [1.165, 1.54) is 149 Å². The molecule has 6 heteroatoms. The van der Waals surface area contributed by atoms with Crippen molar-refractivity contribution >= 4 is 132 Å². The highest BCUT2D eigenvalue weighted by molar-refractivity contribution is 7.26. The second-order valence-corrected chi connectivity index (χ2v) is 23.5. The Balaban J connectivity index is 1.05. The summed E-state index contributed by atoms with van der Waals surface area (Å²) in [5, 5.41) is 5.25. The van der Waals surface area contributed by atoms with Crippen molar-refractivity contribution in [2.45, 2.75) is 71.3 Å². The van der Waals surface area contributed by atoms with Gasteiger partial charge >= 0.3 is 0 Å². The summed E-state index contributed by atoms with van der Waals surface area (Å²) >= 11 is 3.82. The van der Waals surface area contributed by atoms with E-state index < -0.39 is 0 Å². The van der Waals surface area contributed by atoms with Crippen molar-refractivity contribution in [2.24, 2.45) is 0 Å². The third kappa shape index (κ3) is 5.66. The van der Waals surface area contributed by atoms with Gasteiger partial charge in [-0.2, -0.15) is 0 Å². The number of hydrogen-bond donors (Lipinski definition) is 0. The van der Waals surface area contributed by atoms with Gasteiger partial charge in [0.2, 0.25) is 0 Å². The molecule has 1 saturated carbocycles. The van der Waals surface area contributed by atoms with Crippen LogP contribution in [0.3, 0.4) is 0 Å². The van der Waals surface area contributed by atoms with Crippen LogP contribution < -0.4 is 31.1 Å². The highest BCUT2D eigenvalue weighted by atomic mass is 32.1. The summed E-state index contributed by atoms with van der Waals surface area (Å²) in [5.41, 5.74) is 22.1. The monoisotopic (exact) mass is 949 g/mol. The van der Waals surface area contributed by atoms with Crippen molar-refractivity contribution in [3.63, 3.8) is 0 Å². The maximum atomic E-state index is 2.80. The lowest BCUT2D eigenvalue weighted by Gasteiger charge is -2.51. The molecule has 5 heterocycles. The Labute approximate surface area is 424 Å². The molecule has 0 bridgehead atoms. The summed E-state index contributed by atoms with van der Waals surface area (Å²) in [6, 6.07) is 67.7. The van der Waals surface area contributed by atoms with E-state index in [4.69, 9.17) is 0 Å². The molecule has 2 aromatic heterocycles. The SMILES string of the molecule is Cc1cc2c3c(c1)N(c1cccc4sc5ccccc5c14)c1ccc(-c4ccccc4)cc1B3c1ccc(N3c4cc(C)cc(C)c4C4(C)CCCCC34C)cc1N2c1cccc2c1sc1ccccc12. The van der Waals surface area contributed by atoms with E-state index in [1.807, 2.05) is 22.7 Å². The Kier molecular flexibility index (Phi) is 8.77.